The molecule has 0 unspecified atom stereocenters. The van der Waals surface area contributed by atoms with Crippen LogP contribution in [0.25, 0.3) is 10.8 Å². The van der Waals surface area contributed by atoms with Crippen molar-refractivity contribution < 1.29 is 28.6 Å². The highest BCUT2D eigenvalue weighted by Gasteiger charge is 2.41. The Bertz CT molecular complexity index is 2130. The van der Waals surface area contributed by atoms with Crippen molar-refractivity contribution in [3.05, 3.63) is 179 Å². The Morgan fingerprint density at radius 2 is 1.38 bits per heavy atom. The second-order valence-corrected chi connectivity index (χ2v) is 12.9. The molecule has 2 amide bonds. The highest BCUT2D eigenvalue weighted by molar-refractivity contribution is 5.94. The van der Waals surface area contributed by atoms with Crippen LogP contribution in [-0.4, -0.2) is 51.6 Å². The van der Waals surface area contributed by atoms with Crippen LogP contribution in [0.2, 0.25) is 0 Å². The number of hydrogen-bond donors (Lipinski definition) is 3. The number of alkyl carbamates (subject to hydrolysis) is 1. The van der Waals surface area contributed by atoms with Gasteiger partial charge in [-0.05, 0) is 40.3 Å². The van der Waals surface area contributed by atoms with E-state index in [2.05, 4.69) is 10.6 Å². The number of anilines is 1. The number of rotatable bonds is 12. The molecule has 53 heavy (non-hydrogen) atoms. The van der Waals surface area contributed by atoms with Gasteiger partial charge in [-0.25, -0.2) is 19.0 Å². The molecule has 5 aromatic carbocycles. The first-order chi connectivity index (χ1) is 25.8. The zero-order valence-corrected chi connectivity index (χ0v) is 28.7. The molecule has 3 N–H and O–H groups in total. The van der Waals surface area contributed by atoms with E-state index < -0.39 is 41.4 Å². The molecule has 1 fully saturated rings. The van der Waals surface area contributed by atoms with Gasteiger partial charge < -0.3 is 25.4 Å². The van der Waals surface area contributed by atoms with Crippen molar-refractivity contribution in [3.8, 4) is 0 Å². The third-order valence-electron chi connectivity index (χ3n) is 9.71. The molecule has 0 radical (unpaired) electrons. The van der Waals surface area contributed by atoms with E-state index >= 15 is 4.39 Å². The Morgan fingerprint density at radius 1 is 0.811 bits per heavy atom. The molecule has 0 spiro atoms. The molecule has 1 aromatic heterocycles. The van der Waals surface area contributed by atoms with Gasteiger partial charge in [-0.2, -0.15) is 0 Å². The van der Waals surface area contributed by atoms with Crippen molar-refractivity contribution in [2.24, 2.45) is 0 Å². The lowest BCUT2D eigenvalue weighted by Crippen LogP contribution is -2.48. The van der Waals surface area contributed by atoms with Gasteiger partial charge in [0.05, 0.1) is 0 Å². The Kier molecular flexibility index (Phi) is 10.1. The maximum atomic E-state index is 16.5. The fraction of sp³-hybridized carbons (Fsp3) is 0.163. The van der Waals surface area contributed by atoms with Crippen molar-refractivity contribution in [2.75, 3.05) is 11.9 Å². The monoisotopic (exact) mass is 708 g/mol. The SMILES string of the molecule is O=C(N[C@H]1CCN([C@H](Cc2ccc3c(NC(c4ccccc4)(c4ccccc4)c4ccccc4)nccc3c2F)C(=O)O)C1=O)OCc1ccccc1. The van der Waals surface area contributed by atoms with Crippen LogP contribution in [-0.2, 0) is 32.9 Å². The fourth-order valence-electron chi connectivity index (χ4n) is 7.07. The van der Waals surface area contributed by atoms with E-state index in [9.17, 15) is 19.5 Å². The lowest BCUT2D eigenvalue weighted by molar-refractivity contribution is -0.148. The molecular formula is C43H37FN4O5. The number of fused-ring (bicyclic) bond motifs is 1. The summed E-state index contributed by atoms with van der Waals surface area (Å²) in [5.41, 5.74) is 2.85. The highest BCUT2D eigenvalue weighted by Crippen LogP contribution is 2.41. The lowest BCUT2D eigenvalue weighted by Gasteiger charge is -2.37. The zero-order valence-electron chi connectivity index (χ0n) is 28.7. The van der Waals surface area contributed by atoms with Gasteiger partial charge in [-0.15, -0.1) is 0 Å². The number of benzene rings is 5. The second kappa shape index (κ2) is 15.4. The maximum absolute atomic E-state index is 16.5. The first-order valence-electron chi connectivity index (χ1n) is 17.4. The quantitative estimate of drug-likeness (QED) is 0.114. The van der Waals surface area contributed by atoms with Gasteiger partial charge in [0.15, 0.2) is 0 Å². The van der Waals surface area contributed by atoms with E-state index in [1.54, 1.807) is 30.3 Å². The van der Waals surface area contributed by atoms with E-state index in [0.717, 1.165) is 22.3 Å². The molecule has 6 aromatic rings. The molecule has 266 valence electrons. The van der Waals surface area contributed by atoms with E-state index in [4.69, 9.17) is 9.72 Å². The van der Waals surface area contributed by atoms with Gasteiger partial charge >= 0.3 is 12.1 Å². The third-order valence-corrected chi connectivity index (χ3v) is 9.71. The summed E-state index contributed by atoms with van der Waals surface area (Å²) < 4.78 is 21.8. The predicted molar refractivity (Wildman–Crippen MR) is 200 cm³/mol. The molecule has 1 aliphatic rings. The number of halogens is 1. The number of likely N-dealkylation sites (tertiary alicyclic amines) is 1. The molecule has 9 nitrogen and oxygen atoms in total. The second-order valence-electron chi connectivity index (χ2n) is 12.9. The van der Waals surface area contributed by atoms with Gasteiger partial charge in [0.25, 0.3) is 0 Å². The van der Waals surface area contributed by atoms with E-state index in [1.807, 2.05) is 109 Å². The Balaban J connectivity index is 1.16. The summed E-state index contributed by atoms with van der Waals surface area (Å²) in [6.45, 7) is 0.0992. The molecule has 7 rings (SSSR count). The summed E-state index contributed by atoms with van der Waals surface area (Å²) in [5.74, 6) is -2.01. The van der Waals surface area contributed by atoms with E-state index in [-0.39, 0.29) is 36.9 Å². The number of carboxylic acid groups (broad SMARTS) is 1. The molecule has 0 aliphatic carbocycles. The normalized spacial score (nSPS) is 14.8. The van der Waals surface area contributed by atoms with Gasteiger partial charge in [0.2, 0.25) is 5.91 Å². The fourth-order valence-corrected chi connectivity index (χ4v) is 7.07. The van der Waals surface area contributed by atoms with Gasteiger partial charge in [-0.1, -0.05) is 133 Å². The minimum Gasteiger partial charge on any atom is -0.480 e. The van der Waals surface area contributed by atoms with Crippen LogP contribution < -0.4 is 10.6 Å². The number of carbonyl (C=O) groups is 3. The number of hydrogen-bond acceptors (Lipinski definition) is 6. The van der Waals surface area contributed by atoms with Crippen LogP contribution in [0.5, 0.6) is 0 Å². The standard InChI is InChI=1S/C43H37FN4O5/c44-38-30(27-37(41(50)51)48-26-24-36(40(48)49)46-42(52)53-28-29-13-5-1-6-14-29)21-22-35-34(38)23-25-45-39(35)47-43(31-15-7-2-8-16-31,32-17-9-3-10-18-32)33-19-11-4-12-20-33/h1-23,25,36-37H,24,26-28H2,(H,45,47)(H,46,52)(H,50,51)/t36-,37+/m0/s1. The van der Waals surface area contributed by atoms with Crippen molar-refractivity contribution in [3.63, 3.8) is 0 Å². The first kappa shape index (κ1) is 34.9. The number of aliphatic carboxylic acids is 1. The van der Waals surface area contributed by atoms with Gasteiger partial charge in [0.1, 0.15) is 35.9 Å². The number of nitrogens with zero attached hydrogens (tertiary/aromatic N) is 2. The number of amides is 2. The lowest BCUT2D eigenvalue weighted by atomic mass is 9.77. The average molecular weight is 709 g/mol. The topological polar surface area (TPSA) is 121 Å². The van der Waals surface area contributed by atoms with Crippen LogP contribution in [0.1, 0.15) is 34.2 Å². The molecule has 2 heterocycles. The molecule has 2 atom stereocenters. The summed E-state index contributed by atoms with van der Waals surface area (Å²) in [7, 11) is 0. The summed E-state index contributed by atoms with van der Waals surface area (Å²) in [5, 5.41) is 17.3. The van der Waals surface area contributed by atoms with Crippen molar-refractivity contribution in [1.29, 1.82) is 0 Å². The molecule has 1 saturated heterocycles. The van der Waals surface area contributed by atoms with Crippen LogP contribution in [0.15, 0.2) is 146 Å². The minimum absolute atomic E-state index is 0.0226. The Labute approximate surface area is 306 Å². The summed E-state index contributed by atoms with van der Waals surface area (Å²) in [4.78, 5) is 44.3. The zero-order chi connectivity index (χ0) is 36.8. The summed E-state index contributed by atoms with van der Waals surface area (Å²) in [6.07, 6.45) is 0.655. The molecule has 0 saturated carbocycles. The van der Waals surface area contributed by atoms with Crippen molar-refractivity contribution >= 4 is 34.6 Å². The van der Waals surface area contributed by atoms with Gasteiger partial charge in [-0.3, -0.25) is 4.79 Å². The minimum atomic E-state index is -1.36. The third kappa shape index (κ3) is 7.16. The molecule has 10 heteroatoms. The van der Waals surface area contributed by atoms with Crippen molar-refractivity contribution in [1.82, 2.24) is 15.2 Å². The Hall–Kier alpha value is -6.55. The van der Waals surface area contributed by atoms with Gasteiger partial charge in [0, 0.05) is 29.9 Å². The maximum Gasteiger partial charge on any atom is 0.408 e. The molecular weight excluding hydrogens is 671 g/mol. The first-order valence-corrected chi connectivity index (χ1v) is 17.4. The summed E-state index contributed by atoms with van der Waals surface area (Å²) in [6, 6.07) is 41.5. The van der Waals surface area contributed by atoms with E-state index in [1.165, 1.54) is 11.1 Å². The predicted octanol–water partition coefficient (Wildman–Crippen LogP) is 7.30. The number of pyridine rings is 1. The van der Waals surface area contributed by atoms with Crippen LogP contribution in [0, 0.1) is 5.82 Å². The Morgan fingerprint density at radius 3 is 1.94 bits per heavy atom. The number of aromatic nitrogens is 1. The molecule has 0 bridgehead atoms. The number of carboxylic acids is 1. The number of carbonyl (C=O) groups excluding carboxylic acids is 2. The number of ether oxygens (including phenoxy) is 1. The number of nitrogens with one attached hydrogen (secondary N) is 2. The molecule has 1 aliphatic heterocycles. The smallest absolute Gasteiger partial charge is 0.408 e. The summed E-state index contributed by atoms with van der Waals surface area (Å²) >= 11 is 0. The van der Waals surface area contributed by atoms with Crippen LogP contribution in [0.3, 0.4) is 0 Å². The highest BCUT2D eigenvalue weighted by atomic mass is 19.1. The van der Waals surface area contributed by atoms with Crippen LogP contribution in [0.4, 0.5) is 15.0 Å². The largest absolute Gasteiger partial charge is 0.480 e. The average Bonchev–Trinajstić information content (AvgIpc) is 3.55. The van der Waals surface area contributed by atoms with Crippen molar-refractivity contribution in [2.45, 2.75) is 37.1 Å². The van der Waals surface area contributed by atoms with E-state index in [0.29, 0.717) is 11.2 Å². The van der Waals surface area contributed by atoms with Crippen LogP contribution >= 0.6 is 0 Å².